The van der Waals surface area contributed by atoms with E-state index < -0.39 is 0 Å². The Kier molecular flexibility index (Phi) is 2.85. The van der Waals surface area contributed by atoms with E-state index in [1.165, 1.54) is 11.1 Å². The van der Waals surface area contributed by atoms with E-state index in [1.54, 1.807) is 0 Å². The minimum absolute atomic E-state index is 0.0161. The molecule has 86 valence electrons. The molecule has 1 saturated carbocycles. The van der Waals surface area contributed by atoms with E-state index in [4.69, 9.17) is 0 Å². The molecular formula is C14H18O2. The second-order valence-corrected chi connectivity index (χ2v) is 4.88. The molecule has 2 heteroatoms. The maximum absolute atomic E-state index is 10.9. The fraction of sp³-hybridized carbons (Fsp3) is 0.500. The maximum atomic E-state index is 10.9. The van der Waals surface area contributed by atoms with E-state index in [9.17, 15) is 9.90 Å². The first-order valence-electron chi connectivity index (χ1n) is 5.79. The first-order chi connectivity index (χ1) is 7.63. The Labute approximate surface area is 96.4 Å². The highest BCUT2D eigenvalue weighted by Crippen LogP contribution is 2.53. The zero-order valence-corrected chi connectivity index (χ0v) is 9.92. The third kappa shape index (κ3) is 1.49. The highest BCUT2D eigenvalue weighted by atomic mass is 16.3. The molecule has 0 bridgehead atoms. The van der Waals surface area contributed by atoms with Crippen LogP contribution in [0.2, 0.25) is 0 Å². The van der Waals surface area contributed by atoms with Crippen LogP contribution in [0, 0.1) is 5.41 Å². The fourth-order valence-corrected chi connectivity index (χ4v) is 3.13. The van der Waals surface area contributed by atoms with Crippen LogP contribution in [0.1, 0.15) is 33.1 Å². The molecule has 0 aromatic heterocycles. The Morgan fingerprint density at radius 1 is 1.56 bits per heavy atom. The number of carbonyl (C=O) groups excluding carboxylic acids is 1. The van der Waals surface area contributed by atoms with Crippen LogP contribution in [0.25, 0.3) is 0 Å². The number of carbonyl (C=O) groups is 1. The second-order valence-electron chi connectivity index (χ2n) is 4.88. The Bertz CT molecular complexity index is 412. The molecule has 2 aliphatic rings. The van der Waals surface area contributed by atoms with Crippen molar-refractivity contribution in [2.45, 2.75) is 33.1 Å². The average Bonchev–Trinajstić information content (AvgIpc) is 2.64. The third-order valence-corrected chi connectivity index (χ3v) is 4.01. The summed E-state index contributed by atoms with van der Waals surface area (Å²) in [5.74, 6) is 0. The molecule has 0 aromatic rings. The molecule has 1 unspecified atom stereocenters. The van der Waals surface area contributed by atoms with Gasteiger partial charge in [-0.3, -0.25) is 4.79 Å². The highest BCUT2D eigenvalue weighted by Gasteiger charge is 2.40. The van der Waals surface area contributed by atoms with Crippen molar-refractivity contribution in [3.8, 4) is 0 Å². The number of rotatable bonds is 2. The lowest BCUT2D eigenvalue weighted by molar-refractivity contribution is -0.105. The molecule has 1 atom stereocenters. The molecule has 1 N–H and O–H groups in total. The predicted octanol–water partition coefficient (Wildman–Crippen LogP) is 2.55. The van der Waals surface area contributed by atoms with Gasteiger partial charge in [0.15, 0.2) is 0 Å². The standard InChI is InChI=1S/C14H18O2/c1-10(8-15)12-5-6-13-11(9-16)4-3-7-14(12,13)2/h3-4,8,16H,5-7,9H2,1-2H3/b12-10+. The van der Waals surface area contributed by atoms with Gasteiger partial charge in [0.2, 0.25) is 0 Å². The van der Waals surface area contributed by atoms with Gasteiger partial charge in [0, 0.05) is 5.41 Å². The monoisotopic (exact) mass is 218 g/mol. The molecule has 2 rings (SSSR count). The number of fused-ring (bicyclic) bond motifs is 1. The van der Waals surface area contributed by atoms with Crippen molar-refractivity contribution in [1.82, 2.24) is 0 Å². The summed E-state index contributed by atoms with van der Waals surface area (Å²) in [6.45, 7) is 4.19. The van der Waals surface area contributed by atoms with Gasteiger partial charge in [-0.1, -0.05) is 30.2 Å². The summed E-state index contributed by atoms with van der Waals surface area (Å²) in [6.07, 6.45) is 7.99. The first-order valence-corrected chi connectivity index (χ1v) is 5.79. The maximum Gasteiger partial charge on any atom is 0.145 e. The lowest BCUT2D eigenvalue weighted by atomic mass is 9.72. The molecule has 2 aliphatic carbocycles. The molecule has 0 amide bonds. The molecular weight excluding hydrogens is 200 g/mol. The highest BCUT2D eigenvalue weighted by molar-refractivity contribution is 5.75. The van der Waals surface area contributed by atoms with E-state index in [1.807, 2.05) is 13.0 Å². The average molecular weight is 218 g/mol. The number of hydrogen-bond donors (Lipinski definition) is 1. The van der Waals surface area contributed by atoms with Gasteiger partial charge in [0.05, 0.1) is 6.61 Å². The zero-order chi connectivity index (χ0) is 11.8. The van der Waals surface area contributed by atoms with Crippen LogP contribution in [0.3, 0.4) is 0 Å². The summed E-state index contributed by atoms with van der Waals surface area (Å²) in [5, 5.41) is 9.34. The summed E-state index contributed by atoms with van der Waals surface area (Å²) in [6, 6.07) is 0. The van der Waals surface area contributed by atoms with Gasteiger partial charge >= 0.3 is 0 Å². The van der Waals surface area contributed by atoms with E-state index in [-0.39, 0.29) is 12.0 Å². The van der Waals surface area contributed by atoms with E-state index in [0.29, 0.717) is 0 Å². The predicted molar refractivity (Wildman–Crippen MR) is 64.0 cm³/mol. The summed E-state index contributed by atoms with van der Waals surface area (Å²) in [4.78, 5) is 10.9. The van der Waals surface area contributed by atoms with Gasteiger partial charge < -0.3 is 5.11 Å². The molecule has 0 saturated heterocycles. The van der Waals surface area contributed by atoms with Gasteiger partial charge in [0.25, 0.3) is 0 Å². The number of aldehydes is 1. The number of aliphatic hydroxyl groups is 1. The second kappa shape index (κ2) is 4.02. The Morgan fingerprint density at radius 3 is 2.94 bits per heavy atom. The zero-order valence-electron chi connectivity index (χ0n) is 9.92. The van der Waals surface area contributed by atoms with E-state index >= 15 is 0 Å². The van der Waals surface area contributed by atoms with Crippen LogP contribution >= 0.6 is 0 Å². The molecule has 0 aromatic carbocycles. The van der Waals surface area contributed by atoms with E-state index in [0.717, 1.165) is 36.7 Å². The lowest BCUT2D eigenvalue weighted by Crippen LogP contribution is -2.21. The number of hydrogen-bond acceptors (Lipinski definition) is 2. The lowest BCUT2D eigenvalue weighted by Gasteiger charge is -2.32. The van der Waals surface area contributed by atoms with Crippen molar-refractivity contribution < 1.29 is 9.90 Å². The van der Waals surface area contributed by atoms with Crippen LogP contribution in [-0.2, 0) is 4.79 Å². The quantitative estimate of drug-likeness (QED) is 0.571. The molecule has 16 heavy (non-hydrogen) atoms. The SMILES string of the molecule is C/C(C=O)=C1/CCC2=C(CO)C=CCC21C. The van der Waals surface area contributed by atoms with Gasteiger partial charge in [0.1, 0.15) is 6.29 Å². The van der Waals surface area contributed by atoms with Crippen molar-refractivity contribution in [2.24, 2.45) is 5.41 Å². The van der Waals surface area contributed by atoms with Crippen LogP contribution in [0.15, 0.2) is 34.4 Å². The molecule has 0 radical (unpaired) electrons. The van der Waals surface area contributed by atoms with Gasteiger partial charge in [-0.15, -0.1) is 0 Å². The Morgan fingerprint density at radius 2 is 2.31 bits per heavy atom. The van der Waals surface area contributed by atoms with Crippen molar-refractivity contribution in [3.63, 3.8) is 0 Å². The molecule has 2 nitrogen and oxygen atoms in total. The normalized spacial score (nSPS) is 31.7. The van der Waals surface area contributed by atoms with Crippen LogP contribution in [0.4, 0.5) is 0 Å². The van der Waals surface area contributed by atoms with Crippen molar-refractivity contribution in [2.75, 3.05) is 6.61 Å². The van der Waals surface area contributed by atoms with Crippen molar-refractivity contribution >= 4 is 6.29 Å². The minimum Gasteiger partial charge on any atom is -0.392 e. The van der Waals surface area contributed by atoms with Crippen LogP contribution in [0.5, 0.6) is 0 Å². The van der Waals surface area contributed by atoms with Gasteiger partial charge in [-0.2, -0.15) is 0 Å². The van der Waals surface area contributed by atoms with Crippen LogP contribution in [-0.4, -0.2) is 18.0 Å². The third-order valence-electron chi connectivity index (χ3n) is 4.01. The molecule has 0 spiro atoms. The summed E-state index contributed by atoms with van der Waals surface area (Å²) >= 11 is 0. The fourth-order valence-electron chi connectivity index (χ4n) is 3.13. The van der Waals surface area contributed by atoms with Gasteiger partial charge in [-0.25, -0.2) is 0 Å². The van der Waals surface area contributed by atoms with Crippen molar-refractivity contribution in [1.29, 1.82) is 0 Å². The van der Waals surface area contributed by atoms with E-state index in [2.05, 4.69) is 13.0 Å². The largest absolute Gasteiger partial charge is 0.392 e. The minimum atomic E-state index is -0.0161. The summed E-state index contributed by atoms with van der Waals surface area (Å²) in [5.41, 5.74) is 4.48. The number of allylic oxidation sites excluding steroid dienone is 4. The topological polar surface area (TPSA) is 37.3 Å². The number of aliphatic hydroxyl groups excluding tert-OH is 1. The Hall–Kier alpha value is -1.15. The summed E-state index contributed by atoms with van der Waals surface area (Å²) < 4.78 is 0. The molecule has 0 aliphatic heterocycles. The Balaban J connectivity index is 2.53. The van der Waals surface area contributed by atoms with Crippen molar-refractivity contribution in [3.05, 3.63) is 34.4 Å². The smallest absolute Gasteiger partial charge is 0.145 e. The van der Waals surface area contributed by atoms with Crippen LogP contribution < -0.4 is 0 Å². The first kappa shape index (κ1) is 11.3. The molecule has 0 heterocycles. The van der Waals surface area contributed by atoms with Gasteiger partial charge in [-0.05, 0) is 37.3 Å². The molecule has 1 fully saturated rings. The summed E-state index contributed by atoms with van der Waals surface area (Å²) in [7, 11) is 0.